The maximum atomic E-state index is 13.5. The summed E-state index contributed by atoms with van der Waals surface area (Å²) in [5, 5.41) is 7.39. The molecule has 2 aromatic heterocycles. The van der Waals surface area contributed by atoms with Crippen LogP contribution in [0.1, 0.15) is 91.6 Å². The number of rotatable bonds is 5. The Morgan fingerprint density at radius 1 is 1.20 bits per heavy atom. The molecule has 1 saturated carbocycles. The first kappa shape index (κ1) is 16.9. The summed E-state index contributed by atoms with van der Waals surface area (Å²) < 4.78 is 80.1. The number of anilines is 1. The van der Waals surface area contributed by atoms with Crippen LogP contribution in [-0.4, -0.2) is 62.3 Å². The highest BCUT2D eigenvalue weighted by Crippen LogP contribution is 2.43. The predicted octanol–water partition coefficient (Wildman–Crippen LogP) is 3.14. The van der Waals surface area contributed by atoms with Crippen LogP contribution in [0.2, 0.25) is 0 Å². The monoisotopic (exact) mass is 549 g/mol. The van der Waals surface area contributed by atoms with Gasteiger partial charge in [-0.2, -0.15) is 5.10 Å². The molecular weight excluding hydrogens is 508 g/mol. The second kappa shape index (κ2) is 9.25. The topological polar surface area (TPSA) is 118 Å². The number of hydrogen-bond donors (Lipinski definition) is 1. The minimum Gasteiger partial charge on any atom is -0.342 e. The number of hydrogen-bond acceptors (Lipinski definition) is 6. The zero-order chi connectivity index (χ0) is 35.7. The number of pyridine rings is 1. The highest BCUT2D eigenvalue weighted by molar-refractivity contribution is 6.26. The van der Waals surface area contributed by atoms with Crippen LogP contribution in [0.15, 0.2) is 36.8 Å². The molecular formula is C30H32N6O4. The van der Waals surface area contributed by atoms with E-state index in [2.05, 4.69) is 15.4 Å². The van der Waals surface area contributed by atoms with Gasteiger partial charge in [0.05, 0.1) is 19.1 Å². The van der Waals surface area contributed by atoms with Crippen LogP contribution in [-0.2, 0) is 20.8 Å². The van der Waals surface area contributed by atoms with Crippen molar-refractivity contribution in [2.45, 2.75) is 70.3 Å². The van der Waals surface area contributed by atoms with Gasteiger partial charge in [-0.05, 0) is 54.6 Å². The number of nitrogens with zero attached hydrogens (tertiary/aromatic N) is 5. The lowest BCUT2D eigenvalue weighted by atomic mass is 9.69. The number of amides is 4. The minimum absolute atomic E-state index is 0.0220. The van der Waals surface area contributed by atoms with Crippen molar-refractivity contribution in [3.05, 3.63) is 53.5 Å². The SMILES string of the molecule is [2H]C1([2H])N(C(=O)C2(C)CCC2)C([2H])([2H])C([2H])([2H])C([2H])(n2cc(Cc3cnc4c5c(cccc35)C(=O)N4C3CCC(=O)NC3=O)cn2)C1([2H])[2H]. The molecule has 3 aliphatic heterocycles. The van der Waals surface area contributed by atoms with E-state index in [1.165, 1.54) is 24.2 Å². The first-order valence-corrected chi connectivity index (χ1v) is 13.2. The zero-order valence-corrected chi connectivity index (χ0v) is 21.7. The Labute approximate surface area is 244 Å². The van der Waals surface area contributed by atoms with Crippen molar-refractivity contribution in [1.82, 2.24) is 25.0 Å². The van der Waals surface area contributed by atoms with Crippen molar-refractivity contribution in [3.8, 4) is 0 Å². The Bertz CT molecular complexity index is 1950. The van der Waals surface area contributed by atoms with E-state index in [0.717, 1.165) is 6.20 Å². The third-order valence-electron chi connectivity index (χ3n) is 8.18. The molecule has 10 nitrogen and oxygen atoms in total. The lowest BCUT2D eigenvalue weighted by molar-refractivity contribution is -0.147. The molecule has 206 valence electrons. The summed E-state index contributed by atoms with van der Waals surface area (Å²) in [6.07, 6.45) is -1.71. The summed E-state index contributed by atoms with van der Waals surface area (Å²) >= 11 is 0. The molecule has 0 radical (unpaired) electrons. The van der Waals surface area contributed by atoms with Gasteiger partial charge in [-0.3, -0.25) is 34.1 Å². The normalized spacial score (nSPS) is 31.7. The van der Waals surface area contributed by atoms with Crippen molar-refractivity contribution in [3.63, 3.8) is 0 Å². The highest BCUT2D eigenvalue weighted by Gasteiger charge is 2.43. The molecule has 1 unspecified atom stereocenters. The molecule has 4 amide bonds. The lowest BCUT2D eigenvalue weighted by Crippen LogP contribution is -2.53. The summed E-state index contributed by atoms with van der Waals surface area (Å²) in [7, 11) is 0. The second-order valence-corrected chi connectivity index (χ2v) is 10.8. The van der Waals surface area contributed by atoms with E-state index < -0.39 is 66.8 Å². The second-order valence-electron chi connectivity index (χ2n) is 10.8. The fourth-order valence-electron chi connectivity index (χ4n) is 5.76. The first-order chi connectivity index (χ1) is 22.7. The molecule has 1 aliphatic carbocycles. The predicted molar refractivity (Wildman–Crippen MR) is 147 cm³/mol. The summed E-state index contributed by atoms with van der Waals surface area (Å²) in [5.74, 6) is -2.29. The van der Waals surface area contributed by atoms with Crippen LogP contribution in [0, 0.1) is 5.41 Å². The van der Waals surface area contributed by atoms with Gasteiger partial charge in [0.25, 0.3) is 5.91 Å². The van der Waals surface area contributed by atoms with Crippen molar-refractivity contribution < 1.29 is 31.5 Å². The molecule has 2 saturated heterocycles. The molecule has 3 aromatic rings. The van der Waals surface area contributed by atoms with E-state index >= 15 is 0 Å². The van der Waals surface area contributed by atoms with E-state index in [9.17, 15) is 20.5 Å². The van der Waals surface area contributed by atoms with E-state index in [-0.39, 0.29) is 30.0 Å². The number of piperidine rings is 2. The fraction of sp³-hybridized carbons (Fsp3) is 0.467. The Morgan fingerprint density at radius 2 is 2.00 bits per heavy atom. The molecule has 3 fully saturated rings. The van der Waals surface area contributed by atoms with Gasteiger partial charge in [-0.1, -0.05) is 25.5 Å². The minimum atomic E-state index is -3.52. The average Bonchev–Trinajstić information content (AvgIpc) is 3.59. The first-order valence-electron chi connectivity index (χ1n) is 17.7. The molecule has 7 rings (SSSR count). The quantitative estimate of drug-likeness (QED) is 0.489. The number of benzene rings is 1. The molecule has 1 N–H and O–H groups in total. The van der Waals surface area contributed by atoms with Gasteiger partial charge in [0.2, 0.25) is 17.7 Å². The highest BCUT2D eigenvalue weighted by atomic mass is 16.2. The van der Waals surface area contributed by atoms with Crippen LogP contribution in [0.5, 0.6) is 0 Å². The van der Waals surface area contributed by atoms with Gasteiger partial charge < -0.3 is 4.90 Å². The maximum absolute atomic E-state index is 13.5. The van der Waals surface area contributed by atoms with Crippen molar-refractivity contribution >= 4 is 40.2 Å². The third kappa shape index (κ3) is 3.91. The number of carbonyl (C=O) groups excluding carboxylic acids is 4. The molecule has 0 spiro atoms. The van der Waals surface area contributed by atoms with Gasteiger partial charge >= 0.3 is 0 Å². The largest absolute Gasteiger partial charge is 0.342 e. The van der Waals surface area contributed by atoms with E-state index in [4.69, 9.17) is 11.0 Å². The maximum Gasteiger partial charge on any atom is 0.260 e. The molecule has 1 aromatic carbocycles. The number of likely N-dealkylation sites (tertiary alicyclic amines) is 1. The van der Waals surface area contributed by atoms with Gasteiger partial charge in [0.1, 0.15) is 11.9 Å². The molecule has 0 bridgehead atoms. The standard InChI is InChI=1S/C30H32N6O4/c1-30(10-3-11-30)29(40)34-12-8-20(9-13-34)35-17-18(15-32-35)14-19-16-31-26-25-21(19)4-2-5-22(25)28(39)36(26)23-6-7-24(37)33-27(23)38/h2,4-5,15-17,20,23H,3,6-14H2,1H3,(H,33,37,38)/i8D2,9D2,12D2,13D2,20D. The van der Waals surface area contributed by atoms with Crippen LogP contribution < -0.4 is 10.2 Å². The fourth-order valence-corrected chi connectivity index (χ4v) is 5.76. The number of carbonyl (C=O) groups is 4. The summed E-state index contributed by atoms with van der Waals surface area (Å²) in [5.41, 5.74) is -0.0165. The van der Waals surface area contributed by atoms with Crippen LogP contribution in [0.4, 0.5) is 5.82 Å². The molecule has 4 aliphatic rings. The summed E-state index contributed by atoms with van der Waals surface area (Å²) in [4.78, 5) is 57.2. The smallest absolute Gasteiger partial charge is 0.260 e. The molecule has 5 heterocycles. The number of aromatic nitrogens is 3. The number of imide groups is 1. The summed E-state index contributed by atoms with van der Waals surface area (Å²) in [6, 6.07) is 0.730. The molecule has 40 heavy (non-hydrogen) atoms. The lowest BCUT2D eigenvalue weighted by Gasteiger charge is -2.43. The average molecular weight is 550 g/mol. The third-order valence-corrected chi connectivity index (χ3v) is 8.18. The van der Waals surface area contributed by atoms with Crippen LogP contribution >= 0.6 is 0 Å². The van der Waals surface area contributed by atoms with E-state index in [1.54, 1.807) is 18.2 Å². The van der Waals surface area contributed by atoms with Gasteiger partial charge in [-0.25, -0.2) is 4.98 Å². The van der Waals surface area contributed by atoms with Crippen LogP contribution in [0.3, 0.4) is 0 Å². The molecule has 1 atom stereocenters. The Morgan fingerprint density at radius 3 is 2.73 bits per heavy atom. The van der Waals surface area contributed by atoms with E-state index in [0.29, 0.717) is 51.4 Å². The van der Waals surface area contributed by atoms with Crippen molar-refractivity contribution in [2.75, 3.05) is 17.9 Å². The Kier molecular flexibility index (Phi) is 3.90. The van der Waals surface area contributed by atoms with Crippen LogP contribution in [0.25, 0.3) is 10.8 Å². The van der Waals surface area contributed by atoms with Gasteiger partial charge in [0.15, 0.2) is 0 Å². The van der Waals surface area contributed by atoms with Gasteiger partial charge in [-0.15, -0.1) is 0 Å². The zero-order valence-electron chi connectivity index (χ0n) is 30.7. The Balaban J connectivity index is 1.25. The van der Waals surface area contributed by atoms with Crippen molar-refractivity contribution in [1.29, 1.82) is 0 Å². The number of nitrogens with one attached hydrogen (secondary N) is 1. The Hall–Kier alpha value is -4.08. The summed E-state index contributed by atoms with van der Waals surface area (Å²) in [6.45, 7) is -5.42. The molecule has 10 heteroatoms. The van der Waals surface area contributed by atoms with E-state index in [1.807, 2.05) is 0 Å². The van der Waals surface area contributed by atoms with Gasteiger partial charge in [0, 0.05) is 60.0 Å². The van der Waals surface area contributed by atoms with Crippen molar-refractivity contribution in [2.24, 2.45) is 5.41 Å².